The number of hydrogen-bond donors (Lipinski definition) is 1. The van der Waals surface area contributed by atoms with Crippen LogP contribution >= 0.6 is 0 Å². The molecule has 4 heteroatoms. The van der Waals surface area contributed by atoms with Crippen molar-refractivity contribution in [3.05, 3.63) is 0 Å². The maximum atomic E-state index is 11.9. The first-order valence-electron chi connectivity index (χ1n) is 5.61. The number of amides is 1. The van der Waals surface area contributed by atoms with Crippen LogP contribution in [0.25, 0.3) is 0 Å². The van der Waals surface area contributed by atoms with Gasteiger partial charge in [0.25, 0.3) is 0 Å². The number of rotatable bonds is 4. The third-order valence-corrected chi connectivity index (χ3v) is 2.72. The summed E-state index contributed by atoms with van der Waals surface area (Å²) in [6, 6.07) is 0. The lowest BCUT2D eigenvalue weighted by Crippen LogP contribution is -2.52. The molecule has 4 nitrogen and oxygen atoms in total. The quantitative estimate of drug-likeness (QED) is 0.746. The molecule has 1 rings (SSSR count). The van der Waals surface area contributed by atoms with Gasteiger partial charge in [0.05, 0.1) is 12.1 Å². The van der Waals surface area contributed by atoms with Gasteiger partial charge in [0.2, 0.25) is 5.91 Å². The lowest BCUT2D eigenvalue weighted by Gasteiger charge is -2.30. The predicted octanol–water partition coefficient (Wildman–Crippen LogP) is 0.609. The van der Waals surface area contributed by atoms with Gasteiger partial charge in [-0.05, 0) is 27.2 Å². The van der Waals surface area contributed by atoms with Crippen molar-refractivity contribution in [3.8, 4) is 0 Å². The molecule has 0 radical (unpaired) electrons. The molecule has 88 valence electrons. The molecule has 0 bridgehead atoms. The van der Waals surface area contributed by atoms with Gasteiger partial charge in [0.1, 0.15) is 0 Å². The molecule has 0 spiro atoms. The summed E-state index contributed by atoms with van der Waals surface area (Å²) in [6.07, 6.45) is 1.05. The maximum Gasteiger partial charge on any atom is 0.242 e. The van der Waals surface area contributed by atoms with E-state index >= 15 is 0 Å². The summed E-state index contributed by atoms with van der Waals surface area (Å²) in [5.74, 6) is 0.508. The number of likely N-dealkylation sites (N-methyl/N-ethyl adjacent to an activating group) is 1. The smallest absolute Gasteiger partial charge is 0.242 e. The molecule has 0 aliphatic carbocycles. The normalized spacial score (nSPS) is 21.7. The average molecular weight is 214 g/mol. The van der Waals surface area contributed by atoms with Crippen molar-refractivity contribution < 1.29 is 9.53 Å². The van der Waals surface area contributed by atoms with Gasteiger partial charge in [-0.1, -0.05) is 0 Å². The molecule has 1 aliphatic rings. The SMILES string of the molecule is CCN(CC1CCOC1)C(=O)C(C)(C)N. The van der Waals surface area contributed by atoms with Gasteiger partial charge in [-0.3, -0.25) is 4.79 Å². The molecule has 1 unspecified atom stereocenters. The van der Waals surface area contributed by atoms with E-state index in [1.165, 1.54) is 0 Å². The van der Waals surface area contributed by atoms with Crippen molar-refractivity contribution >= 4 is 5.91 Å². The number of ether oxygens (including phenoxy) is 1. The van der Waals surface area contributed by atoms with Gasteiger partial charge in [-0.15, -0.1) is 0 Å². The monoisotopic (exact) mass is 214 g/mol. The number of nitrogens with two attached hydrogens (primary N) is 1. The van der Waals surface area contributed by atoms with Crippen molar-refractivity contribution in [2.24, 2.45) is 11.7 Å². The molecule has 0 aromatic rings. The second-order valence-corrected chi connectivity index (χ2v) is 4.80. The summed E-state index contributed by atoms with van der Waals surface area (Å²) in [5, 5.41) is 0. The van der Waals surface area contributed by atoms with Crippen LogP contribution in [-0.2, 0) is 9.53 Å². The Morgan fingerprint density at radius 1 is 1.60 bits per heavy atom. The molecule has 1 heterocycles. The lowest BCUT2D eigenvalue weighted by molar-refractivity contribution is -0.136. The van der Waals surface area contributed by atoms with E-state index in [2.05, 4.69) is 0 Å². The van der Waals surface area contributed by atoms with Crippen LogP contribution in [0.2, 0.25) is 0 Å². The topological polar surface area (TPSA) is 55.6 Å². The van der Waals surface area contributed by atoms with Gasteiger partial charge >= 0.3 is 0 Å². The Labute approximate surface area is 91.8 Å². The summed E-state index contributed by atoms with van der Waals surface area (Å²) in [7, 11) is 0. The number of hydrogen-bond acceptors (Lipinski definition) is 3. The first-order valence-corrected chi connectivity index (χ1v) is 5.61. The number of carbonyl (C=O) groups is 1. The fourth-order valence-electron chi connectivity index (χ4n) is 1.80. The van der Waals surface area contributed by atoms with Gasteiger partial charge in [0, 0.05) is 25.6 Å². The van der Waals surface area contributed by atoms with Crippen LogP contribution in [0, 0.1) is 5.92 Å². The van der Waals surface area contributed by atoms with Crippen molar-refractivity contribution in [2.75, 3.05) is 26.3 Å². The largest absolute Gasteiger partial charge is 0.381 e. The second-order valence-electron chi connectivity index (χ2n) is 4.80. The summed E-state index contributed by atoms with van der Waals surface area (Å²) in [6.45, 7) is 8.58. The van der Waals surface area contributed by atoms with E-state index in [1.54, 1.807) is 13.8 Å². The van der Waals surface area contributed by atoms with Gasteiger partial charge < -0.3 is 15.4 Å². The van der Waals surface area contributed by atoms with E-state index in [0.29, 0.717) is 5.92 Å². The van der Waals surface area contributed by atoms with Crippen LogP contribution < -0.4 is 5.73 Å². The van der Waals surface area contributed by atoms with Crippen molar-refractivity contribution in [1.29, 1.82) is 0 Å². The highest BCUT2D eigenvalue weighted by molar-refractivity contribution is 5.85. The lowest BCUT2D eigenvalue weighted by atomic mass is 10.0. The summed E-state index contributed by atoms with van der Waals surface area (Å²) in [4.78, 5) is 13.8. The minimum Gasteiger partial charge on any atom is -0.381 e. The van der Waals surface area contributed by atoms with E-state index in [9.17, 15) is 4.79 Å². The van der Waals surface area contributed by atoms with Gasteiger partial charge in [-0.25, -0.2) is 0 Å². The minimum atomic E-state index is -0.768. The van der Waals surface area contributed by atoms with E-state index in [0.717, 1.165) is 32.7 Å². The highest BCUT2D eigenvalue weighted by Gasteiger charge is 2.29. The van der Waals surface area contributed by atoms with Crippen LogP contribution in [0.4, 0.5) is 0 Å². The molecule has 0 aromatic heterocycles. The van der Waals surface area contributed by atoms with Crippen molar-refractivity contribution in [3.63, 3.8) is 0 Å². The second kappa shape index (κ2) is 4.94. The Balaban J connectivity index is 2.51. The molecule has 1 fully saturated rings. The molecule has 2 N–H and O–H groups in total. The van der Waals surface area contributed by atoms with Crippen LogP contribution in [0.1, 0.15) is 27.2 Å². The number of carbonyl (C=O) groups excluding carboxylic acids is 1. The predicted molar refractivity (Wildman–Crippen MR) is 59.4 cm³/mol. The minimum absolute atomic E-state index is 0.0249. The molecular formula is C11H22N2O2. The first-order chi connectivity index (χ1) is 6.95. The molecule has 1 saturated heterocycles. The fourth-order valence-corrected chi connectivity index (χ4v) is 1.80. The molecule has 1 aliphatic heterocycles. The Morgan fingerprint density at radius 3 is 2.67 bits per heavy atom. The van der Waals surface area contributed by atoms with Crippen molar-refractivity contribution in [2.45, 2.75) is 32.7 Å². The van der Waals surface area contributed by atoms with Gasteiger partial charge in [0.15, 0.2) is 0 Å². The zero-order chi connectivity index (χ0) is 11.5. The average Bonchev–Trinajstić information content (AvgIpc) is 2.64. The van der Waals surface area contributed by atoms with Crippen LogP contribution in [0.5, 0.6) is 0 Å². The van der Waals surface area contributed by atoms with Crippen LogP contribution in [-0.4, -0.2) is 42.6 Å². The van der Waals surface area contributed by atoms with Crippen LogP contribution in [0.15, 0.2) is 0 Å². The Morgan fingerprint density at radius 2 is 2.27 bits per heavy atom. The van der Waals surface area contributed by atoms with E-state index in [1.807, 2.05) is 11.8 Å². The zero-order valence-electron chi connectivity index (χ0n) is 9.95. The van der Waals surface area contributed by atoms with Gasteiger partial charge in [-0.2, -0.15) is 0 Å². The molecule has 1 atom stereocenters. The fraction of sp³-hybridized carbons (Fsp3) is 0.909. The van der Waals surface area contributed by atoms with E-state index < -0.39 is 5.54 Å². The Kier molecular flexibility index (Phi) is 4.11. The third kappa shape index (κ3) is 3.47. The van der Waals surface area contributed by atoms with E-state index in [4.69, 9.17) is 10.5 Å². The highest BCUT2D eigenvalue weighted by atomic mass is 16.5. The summed E-state index contributed by atoms with van der Waals surface area (Å²) in [5.41, 5.74) is 5.04. The summed E-state index contributed by atoms with van der Waals surface area (Å²) < 4.78 is 5.30. The summed E-state index contributed by atoms with van der Waals surface area (Å²) >= 11 is 0. The number of nitrogens with zero attached hydrogens (tertiary/aromatic N) is 1. The van der Waals surface area contributed by atoms with E-state index in [-0.39, 0.29) is 5.91 Å². The Bertz CT molecular complexity index is 217. The zero-order valence-corrected chi connectivity index (χ0v) is 9.95. The first kappa shape index (κ1) is 12.5. The third-order valence-electron chi connectivity index (χ3n) is 2.72. The molecule has 0 aromatic carbocycles. The standard InChI is InChI=1S/C11H22N2O2/c1-4-13(10(14)11(2,3)12)7-9-5-6-15-8-9/h9H,4-8,12H2,1-3H3. The molecule has 0 saturated carbocycles. The molecule has 15 heavy (non-hydrogen) atoms. The molecular weight excluding hydrogens is 192 g/mol. The highest BCUT2D eigenvalue weighted by Crippen LogP contribution is 2.15. The maximum absolute atomic E-state index is 11.9. The Hall–Kier alpha value is -0.610. The molecule has 1 amide bonds. The van der Waals surface area contributed by atoms with Crippen LogP contribution in [0.3, 0.4) is 0 Å². The van der Waals surface area contributed by atoms with Crippen molar-refractivity contribution in [1.82, 2.24) is 4.90 Å².